The van der Waals surface area contributed by atoms with Crippen molar-refractivity contribution >= 4 is 0 Å². The van der Waals surface area contributed by atoms with Gasteiger partial charge in [0.2, 0.25) is 0 Å². The molecule has 0 atom stereocenters. The van der Waals surface area contributed by atoms with Crippen LogP contribution in [0, 0.1) is 0 Å². The SMILES string of the molecule is CCCC[CH2][Hg].O. The van der Waals surface area contributed by atoms with E-state index < -0.39 is 0 Å². The van der Waals surface area contributed by atoms with Crippen molar-refractivity contribution in [2.75, 3.05) is 0 Å². The first-order valence-corrected chi connectivity index (χ1v) is 6.59. The van der Waals surface area contributed by atoms with Gasteiger partial charge in [0.15, 0.2) is 0 Å². The molecule has 0 saturated heterocycles. The maximum absolute atomic E-state index is 2.25. The second kappa shape index (κ2) is 10.00. The van der Waals surface area contributed by atoms with Crippen LogP contribution < -0.4 is 0 Å². The fourth-order valence-electron chi connectivity index (χ4n) is 0.427. The fraction of sp³-hybridized carbons (Fsp3) is 1.00. The van der Waals surface area contributed by atoms with Gasteiger partial charge in [0.1, 0.15) is 0 Å². The molecule has 0 aromatic heterocycles. The molecule has 41 valence electrons. The molecule has 0 aliphatic heterocycles. The Labute approximate surface area is 61.8 Å². The predicted molar refractivity (Wildman–Crippen MR) is 27.9 cm³/mol. The molecular weight excluding hydrogens is 277 g/mol. The molecule has 0 aromatic carbocycles. The molecule has 0 amide bonds. The Balaban J connectivity index is 0. The smallest absolute Gasteiger partial charge is 0.412 e. The molecular formula is C5H13HgO. The summed E-state index contributed by atoms with van der Waals surface area (Å²) in [6.45, 7) is 2.25. The standard InChI is InChI=1S/C5H11.Hg.H2O/c1-3-5-4-2;;/h1,3-5H2,2H3;;1H2. The quantitative estimate of drug-likeness (QED) is 0.554. The van der Waals surface area contributed by atoms with E-state index in [0.717, 1.165) is 26.1 Å². The molecule has 2 heteroatoms. The molecule has 0 rings (SSSR count). The molecule has 0 unspecified atom stereocenters. The van der Waals surface area contributed by atoms with E-state index in [1.807, 2.05) is 0 Å². The molecule has 1 nitrogen and oxygen atoms in total. The monoisotopic (exact) mass is 291 g/mol. The zero-order chi connectivity index (χ0) is 4.83. The fourth-order valence-corrected chi connectivity index (χ4v) is 1.80. The van der Waals surface area contributed by atoms with E-state index in [-0.39, 0.29) is 5.48 Å². The second-order valence-electron chi connectivity index (χ2n) is 1.56. The summed E-state index contributed by atoms with van der Waals surface area (Å²) in [6, 6.07) is 0. The summed E-state index contributed by atoms with van der Waals surface area (Å²) in [4.78, 5) is 0. The van der Waals surface area contributed by atoms with Crippen LogP contribution in [0.5, 0.6) is 0 Å². The molecule has 0 aliphatic rings. The van der Waals surface area contributed by atoms with Crippen molar-refractivity contribution in [1.82, 2.24) is 0 Å². The van der Waals surface area contributed by atoms with Crippen LogP contribution in [0.25, 0.3) is 0 Å². The van der Waals surface area contributed by atoms with E-state index in [0.29, 0.717) is 0 Å². The van der Waals surface area contributed by atoms with Crippen LogP contribution in [0.2, 0.25) is 3.93 Å². The molecule has 7 heavy (non-hydrogen) atoms. The Bertz CT molecular complexity index is 20.0. The van der Waals surface area contributed by atoms with Gasteiger partial charge < -0.3 is 5.48 Å². The zero-order valence-corrected chi connectivity index (χ0v) is 10.5. The van der Waals surface area contributed by atoms with Gasteiger partial charge in [-0.1, -0.05) is 0 Å². The summed E-state index contributed by atoms with van der Waals surface area (Å²) in [5, 5.41) is 0. The normalized spacial score (nSPS) is 7.86. The van der Waals surface area contributed by atoms with Crippen molar-refractivity contribution in [2.24, 2.45) is 0 Å². The minimum atomic E-state index is 0. The van der Waals surface area contributed by atoms with Gasteiger partial charge in [-0.2, -0.15) is 0 Å². The summed E-state index contributed by atoms with van der Waals surface area (Å²) in [5.74, 6) is 0. The van der Waals surface area contributed by atoms with Crippen LogP contribution >= 0.6 is 0 Å². The maximum atomic E-state index is 2.25. The molecule has 0 spiro atoms. The molecule has 0 heterocycles. The van der Waals surface area contributed by atoms with Crippen LogP contribution in [0.4, 0.5) is 0 Å². The van der Waals surface area contributed by atoms with Gasteiger partial charge in [0.25, 0.3) is 0 Å². The van der Waals surface area contributed by atoms with Crippen molar-refractivity contribution in [2.45, 2.75) is 30.1 Å². The van der Waals surface area contributed by atoms with Gasteiger partial charge in [-0.3, -0.25) is 0 Å². The van der Waals surface area contributed by atoms with E-state index in [1.54, 1.807) is 3.93 Å². The van der Waals surface area contributed by atoms with Crippen LogP contribution in [-0.4, -0.2) is 5.48 Å². The van der Waals surface area contributed by atoms with Gasteiger partial charge >= 0.3 is 56.2 Å². The third-order valence-electron chi connectivity index (χ3n) is 0.854. The van der Waals surface area contributed by atoms with Gasteiger partial charge in [-0.05, 0) is 0 Å². The van der Waals surface area contributed by atoms with E-state index in [9.17, 15) is 0 Å². The Morgan fingerprint density at radius 2 is 1.86 bits per heavy atom. The number of hydrogen-bond acceptors (Lipinski definition) is 0. The minimum absolute atomic E-state index is 0. The summed E-state index contributed by atoms with van der Waals surface area (Å²) in [6.07, 6.45) is 4.35. The van der Waals surface area contributed by atoms with E-state index in [1.165, 1.54) is 19.3 Å². The number of rotatable bonds is 3. The average Bonchev–Trinajstić information content (AvgIpc) is 1.61. The van der Waals surface area contributed by atoms with E-state index >= 15 is 0 Å². The minimum Gasteiger partial charge on any atom is -0.412 e. The molecule has 0 saturated carbocycles. The molecule has 0 aliphatic carbocycles. The molecule has 0 radical (unpaired) electrons. The summed E-state index contributed by atoms with van der Waals surface area (Å²) in [7, 11) is 0. The summed E-state index contributed by atoms with van der Waals surface area (Å²) >= 11 is 1.07. The first-order valence-electron chi connectivity index (χ1n) is 2.71. The van der Waals surface area contributed by atoms with Gasteiger partial charge in [0.05, 0.1) is 0 Å². The van der Waals surface area contributed by atoms with Gasteiger partial charge in [-0.25, -0.2) is 0 Å². The second-order valence-corrected chi connectivity index (χ2v) is 4.31. The first-order chi connectivity index (χ1) is 2.91. The predicted octanol–water partition coefficient (Wildman–Crippen LogP) is 1.32. The molecule has 0 fully saturated rings. The third-order valence-corrected chi connectivity index (χ3v) is 2.80. The van der Waals surface area contributed by atoms with Crippen LogP contribution in [0.15, 0.2) is 0 Å². The van der Waals surface area contributed by atoms with Crippen molar-refractivity contribution in [1.29, 1.82) is 0 Å². The van der Waals surface area contributed by atoms with Crippen LogP contribution in [0.3, 0.4) is 0 Å². The molecule has 0 aromatic rings. The van der Waals surface area contributed by atoms with Crippen molar-refractivity contribution in [3.05, 3.63) is 0 Å². The van der Waals surface area contributed by atoms with E-state index in [2.05, 4.69) is 6.92 Å². The Morgan fingerprint density at radius 3 is 2.00 bits per heavy atom. The molecule has 0 bridgehead atoms. The van der Waals surface area contributed by atoms with Crippen molar-refractivity contribution in [3.8, 4) is 0 Å². The van der Waals surface area contributed by atoms with Crippen molar-refractivity contribution < 1.29 is 31.6 Å². The number of hydrogen-bond donors (Lipinski definition) is 0. The maximum Gasteiger partial charge on any atom is -0.412 e. The van der Waals surface area contributed by atoms with Crippen LogP contribution in [-0.2, 0) is 26.1 Å². The van der Waals surface area contributed by atoms with Crippen molar-refractivity contribution in [3.63, 3.8) is 0 Å². The Kier molecular flexibility index (Phi) is 15.4. The van der Waals surface area contributed by atoms with Crippen LogP contribution in [0.1, 0.15) is 26.2 Å². The Hall–Kier alpha value is 0.895. The average molecular weight is 290 g/mol. The van der Waals surface area contributed by atoms with Gasteiger partial charge in [-0.15, -0.1) is 0 Å². The summed E-state index contributed by atoms with van der Waals surface area (Å²) < 4.78 is 1.55. The topological polar surface area (TPSA) is 31.5 Å². The Morgan fingerprint density at radius 1 is 1.29 bits per heavy atom. The first kappa shape index (κ1) is 10.8. The third kappa shape index (κ3) is 10.9. The largest absolute Gasteiger partial charge is 0.412 e. The summed E-state index contributed by atoms with van der Waals surface area (Å²) in [5.41, 5.74) is 0. The molecule has 2 N–H and O–H groups in total. The van der Waals surface area contributed by atoms with Gasteiger partial charge in [0, 0.05) is 0 Å². The zero-order valence-electron chi connectivity index (χ0n) is 5.04. The number of unbranched alkanes of at least 4 members (excludes halogenated alkanes) is 2. The van der Waals surface area contributed by atoms with E-state index in [4.69, 9.17) is 0 Å².